The fraction of sp³-hybridized carbons (Fsp3) is 0.333. The van der Waals surface area contributed by atoms with Gasteiger partial charge in [-0.05, 0) is 18.2 Å². The van der Waals surface area contributed by atoms with Crippen molar-refractivity contribution in [3.63, 3.8) is 0 Å². The van der Waals surface area contributed by atoms with E-state index in [0.717, 1.165) is 4.57 Å². The second-order valence-electron chi connectivity index (χ2n) is 4.71. The Kier molecular flexibility index (Phi) is 3.20. The minimum atomic E-state index is -4.50. The van der Waals surface area contributed by atoms with Crippen LogP contribution in [0.15, 0.2) is 18.2 Å². The maximum atomic E-state index is 12.8. The van der Waals surface area contributed by atoms with Crippen LogP contribution in [-0.4, -0.2) is 21.3 Å². The number of nitrogen functional groups attached to an aromatic ring is 1. The van der Waals surface area contributed by atoms with Crippen LogP contribution in [-0.2, 0) is 19.3 Å². The van der Waals surface area contributed by atoms with Gasteiger partial charge in [0.2, 0.25) is 5.82 Å². The molecule has 0 spiro atoms. The van der Waals surface area contributed by atoms with Crippen molar-refractivity contribution in [1.29, 1.82) is 0 Å². The lowest BCUT2D eigenvalue weighted by Crippen LogP contribution is -2.35. The minimum Gasteiger partial charge on any atom is -0.397 e. The molecule has 21 heavy (non-hydrogen) atoms. The predicted molar refractivity (Wildman–Crippen MR) is 71.9 cm³/mol. The molecular formula is C12H11ClF3N5. The van der Waals surface area contributed by atoms with Gasteiger partial charge in [0, 0.05) is 18.1 Å². The van der Waals surface area contributed by atoms with E-state index in [2.05, 4.69) is 10.2 Å². The van der Waals surface area contributed by atoms with Crippen molar-refractivity contribution in [3.05, 3.63) is 34.9 Å². The van der Waals surface area contributed by atoms with Crippen molar-refractivity contribution in [2.75, 3.05) is 17.2 Å². The SMILES string of the molecule is Nc1ccc(Cl)cc1N1CCn2c(nnc2C(F)(F)F)C1. The molecule has 0 fully saturated rings. The molecule has 3 rings (SSSR count). The van der Waals surface area contributed by atoms with Gasteiger partial charge in [-0.25, -0.2) is 0 Å². The molecule has 112 valence electrons. The number of hydrogen-bond acceptors (Lipinski definition) is 4. The molecule has 0 unspecified atom stereocenters. The van der Waals surface area contributed by atoms with Gasteiger partial charge >= 0.3 is 6.18 Å². The van der Waals surface area contributed by atoms with Crippen LogP contribution in [0.5, 0.6) is 0 Å². The quantitative estimate of drug-likeness (QED) is 0.821. The van der Waals surface area contributed by atoms with E-state index >= 15 is 0 Å². The first-order chi connectivity index (χ1) is 9.86. The molecule has 2 aromatic rings. The van der Waals surface area contributed by atoms with Crippen molar-refractivity contribution in [3.8, 4) is 0 Å². The standard InChI is InChI=1S/C12H11ClF3N5/c13-7-1-2-8(17)9(5-7)20-3-4-21-10(6-20)18-19-11(21)12(14,15)16/h1-2,5H,3-4,6,17H2. The van der Waals surface area contributed by atoms with Crippen LogP contribution in [0.2, 0.25) is 5.02 Å². The van der Waals surface area contributed by atoms with E-state index < -0.39 is 12.0 Å². The van der Waals surface area contributed by atoms with Gasteiger partial charge in [0.05, 0.1) is 17.9 Å². The van der Waals surface area contributed by atoms with Crippen molar-refractivity contribution in [2.24, 2.45) is 0 Å². The van der Waals surface area contributed by atoms with Gasteiger partial charge in [0.15, 0.2) is 5.82 Å². The van der Waals surface area contributed by atoms with Crippen molar-refractivity contribution >= 4 is 23.0 Å². The highest BCUT2D eigenvalue weighted by molar-refractivity contribution is 6.31. The highest BCUT2D eigenvalue weighted by Gasteiger charge is 2.39. The lowest BCUT2D eigenvalue weighted by atomic mass is 10.2. The van der Waals surface area contributed by atoms with Gasteiger partial charge in [-0.15, -0.1) is 10.2 Å². The maximum absolute atomic E-state index is 12.8. The number of alkyl halides is 3. The third-order valence-corrected chi connectivity index (χ3v) is 3.58. The largest absolute Gasteiger partial charge is 0.451 e. The van der Waals surface area contributed by atoms with Crippen molar-refractivity contribution < 1.29 is 13.2 Å². The average molecular weight is 318 g/mol. The van der Waals surface area contributed by atoms with Gasteiger partial charge in [0.1, 0.15) is 0 Å². The van der Waals surface area contributed by atoms with Gasteiger partial charge in [-0.3, -0.25) is 0 Å². The third kappa shape index (κ3) is 2.51. The first-order valence-corrected chi connectivity index (χ1v) is 6.53. The molecule has 0 atom stereocenters. The molecule has 0 bridgehead atoms. The fourth-order valence-corrected chi connectivity index (χ4v) is 2.53. The van der Waals surface area contributed by atoms with Crippen LogP contribution in [0.25, 0.3) is 0 Å². The highest BCUT2D eigenvalue weighted by Crippen LogP contribution is 2.32. The summed E-state index contributed by atoms with van der Waals surface area (Å²) in [5.41, 5.74) is 7.09. The molecule has 1 aliphatic rings. The van der Waals surface area contributed by atoms with Crippen LogP contribution in [0.4, 0.5) is 24.5 Å². The molecule has 5 nitrogen and oxygen atoms in total. The zero-order valence-electron chi connectivity index (χ0n) is 10.7. The first kappa shape index (κ1) is 14.0. The van der Waals surface area contributed by atoms with Crippen LogP contribution in [0.1, 0.15) is 11.6 Å². The second kappa shape index (κ2) is 4.80. The number of halogens is 4. The summed E-state index contributed by atoms with van der Waals surface area (Å²) in [7, 11) is 0. The molecule has 0 saturated heterocycles. The normalized spacial score (nSPS) is 15.1. The number of benzene rings is 1. The van der Waals surface area contributed by atoms with E-state index in [4.69, 9.17) is 17.3 Å². The van der Waals surface area contributed by atoms with Crippen molar-refractivity contribution in [2.45, 2.75) is 19.3 Å². The summed E-state index contributed by atoms with van der Waals surface area (Å²) in [4.78, 5) is 1.84. The van der Waals surface area contributed by atoms with Crippen LogP contribution in [0, 0.1) is 0 Å². The Morgan fingerprint density at radius 2 is 1.95 bits per heavy atom. The lowest BCUT2D eigenvalue weighted by Gasteiger charge is -2.30. The summed E-state index contributed by atoms with van der Waals surface area (Å²) in [5, 5.41) is 7.39. The summed E-state index contributed by atoms with van der Waals surface area (Å²) < 4.78 is 39.4. The van der Waals surface area contributed by atoms with Gasteiger partial charge < -0.3 is 15.2 Å². The number of nitrogens with zero attached hydrogens (tertiary/aromatic N) is 4. The Hall–Kier alpha value is -1.96. The Morgan fingerprint density at radius 1 is 1.19 bits per heavy atom. The number of fused-ring (bicyclic) bond motifs is 1. The Balaban J connectivity index is 1.92. The smallest absolute Gasteiger partial charge is 0.397 e. The molecule has 9 heteroatoms. The molecule has 2 N–H and O–H groups in total. The van der Waals surface area contributed by atoms with E-state index in [1.165, 1.54) is 0 Å². The third-order valence-electron chi connectivity index (χ3n) is 3.34. The Labute approximate surface area is 123 Å². The number of anilines is 2. The number of nitrogens with two attached hydrogens (primary N) is 1. The fourth-order valence-electron chi connectivity index (χ4n) is 2.36. The molecule has 1 aromatic heterocycles. The van der Waals surface area contributed by atoms with E-state index in [1.807, 2.05) is 4.90 Å². The van der Waals surface area contributed by atoms with E-state index in [-0.39, 0.29) is 18.9 Å². The molecule has 0 saturated carbocycles. The Morgan fingerprint density at radius 3 is 2.67 bits per heavy atom. The van der Waals surface area contributed by atoms with Gasteiger partial charge in [0.25, 0.3) is 0 Å². The summed E-state index contributed by atoms with van der Waals surface area (Å²) in [6.07, 6.45) is -4.50. The predicted octanol–water partition coefficient (Wildman–Crippen LogP) is 2.55. The van der Waals surface area contributed by atoms with Crippen LogP contribution in [0.3, 0.4) is 0 Å². The van der Waals surface area contributed by atoms with Crippen molar-refractivity contribution in [1.82, 2.24) is 14.8 Å². The van der Waals surface area contributed by atoms with E-state index in [9.17, 15) is 13.2 Å². The summed E-state index contributed by atoms with van der Waals surface area (Å²) in [6.45, 7) is 0.718. The first-order valence-electron chi connectivity index (χ1n) is 6.15. The van der Waals surface area contributed by atoms with E-state index in [0.29, 0.717) is 22.9 Å². The monoisotopic (exact) mass is 317 g/mol. The topological polar surface area (TPSA) is 60.0 Å². The molecule has 2 heterocycles. The van der Waals surface area contributed by atoms with Crippen LogP contribution < -0.4 is 10.6 Å². The van der Waals surface area contributed by atoms with Gasteiger partial charge in [-0.2, -0.15) is 13.2 Å². The maximum Gasteiger partial charge on any atom is 0.451 e. The summed E-state index contributed by atoms with van der Waals surface area (Å²) >= 11 is 5.94. The molecule has 1 aliphatic heterocycles. The number of rotatable bonds is 1. The summed E-state index contributed by atoms with van der Waals surface area (Å²) in [6, 6.07) is 5.01. The highest BCUT2D eigenvalue weighted by atomic mass is 35.5. The molecule has 0 aliphatic carbocycles. The van der Waals surface area contributed by atoms with Gasteiger partial charge in [-0.1, -0.05) is 11.6 Å². The van der Waals surface area contributed by atoms with Crippen LogP contribution >= 0.6 is 11.6 Å². The molecule has 0 radical (unpaired) electrons. The van der Waals surface area contributed by atoms with E-state index in [1.54, 1.807) is 18.2 Å². The molecule has 1 aromatic carbocycles. The molecular weight excluding hydrogens is 307 g/mol. The number of hydrogen-bond donors (Lipinski definition) is 1. The zero-order chi connectivity index (χ0) is 15.2. The number of aromatic nitrogens is 3. The summed E-state index contributed by atoms with van der Waals surface area (Å²) in [5.74, 6) is -0.704. The lowest BCUT2D eigenvalue weighted by molar-refractivity contribution is -0.147. The molecule has 0 amide bonds. The minimum absolute atomic E-state index is 0.142. The second-order valence-corrected chi connectivity index (χ2v) is 5.15. The average Bonchev–Trinajstić information content (AvgIpc) is 2.84. The Bertz CT molecular complexity index is 682. The zero-order valence-corrected chi connectivity index (χ0v) is 11.5.